The zero-order valence-electron chi connectivity index (χ0n) is 19.2. The van der Waals surface area contributed by atoms with Crippen LogP contribution in [0.2, 0.25) is 10.0 Å². The fraction of sp³-hybridized carbons (Fsp3) is 0.520. The maximum absolute atomic E-state index is 15.1. The number of aromatic nitrogens is 2. The molecule has 3 aliphatic rings. The molecule has 3 N–H and O–H groups in total. The van der Waals surface area contributed by atoms with Crippen LogP contribution in [0, 0.1) is 29.0 Å². The van der Waals surface area contributed by atoms with Crippen LogP contribution in [0.5, 0.6) is 0 Å². The Hall–Kier alpha value is -2.29. The Labute approximate surface area is 212 Å². The van der Waals surface area contributed by atoms with Crippen molar-refractivity contribution >= 4 is 35.0 Å². The van der Waals surface area contributed by atoms with E-state index in [0.29, 0.717) is 11.8 Å². The van der Waals surface area contributed by atoms with Gasteiger partial charge in [-0.2, -0.15) is 5.10 Å². The highest BCUT2D eigenvalue weighted by atomic mass is 35.5. The van der Waals surface area contributed by atoms with Gasteiger partial charge in [0.25, 0.3) is 5.91 Å². The lowest BCUT2D eigenvalue weighted by Gasteiger charge is -2.38. The summed E-state index contributed by atoms with van der Waals surface area (Å²) in [6.45, 7) is 2.06. The molecule has 0 saturated heterocycles. The quantitative estimate of drug-likeness (QED) is 0.497. The summed E-state index contributed by atoms with van der Waals surface area (Å²) in [5, 5.41) is 24.2. The molecule has 2 unspecified atom stereocenters. The van der Waals surface area contributed by atoms with Gasteiger partial charge in [0.2, 0.25) is 5.91 Å². The van der Waals surface area contributed by atoms with Gasteiger partial charge in [-0.1, -0.05) is 30.1 Å². The molecule has 7 atom stereocenters. The number of carbonyl (C=O) groups excluding carboxylic acids is 2. The fourth-order valence-corrected chi connectivity index (χ4v) is 6.47. The average Bonchev–Trinajstić information content (AvgIpc) is 3.28. The van der Waals surface area contributed by atoms with Crippen molar-refractivity contribution in [3.63, 3.8) is 0 Å². The van der Waals surface area contributed by atoms with E-state index < -0.39 is 35.8 Å². The Morgan fingerprint density at radius 3 is 2.60 bits per heavy atom. The van der Waals surface area contributed by atoms with Gasteiger partial charge in [-0.3, -0.25) is 9.59 Å². The van der Waals surface area contributed by atoms with Crippen LogP contribution in [0.4, 0.5) is 4.39 Å². The first-order valence-electron chi connectivity index (χ1n) is 11.9. The first-order chi connectivity index (χ1) is 16.7. The van der Waals surface area contributed by atoms with E-state index in [9.17, 15) is 14.7 Å². The molecule has 35 heavy (non-hydrogen) atoms. The first-order valence-corrected chi connectivity index (χ1v) is 12.6. The fourth-order valence-electron chi connectivity index (χ4n) is 6.04. The van der Waals surface area contributed by atoms with E-state index in [1.807, 2.05) is 0 Å². The van der Waals surface area contributed by atoms with Crippen molar-refractivity contribution in [1.82, 2.24) is 20.8 Å². The summed E-state index contributed by atoms with van der Waals surface area (Å²) in [6.07, 6.45) is 3.90. The van der Waals surface area contributed by atoms with Gasteiger partial charge in [0.1, 0.15) is 5.82 Å². The van der Waals surface area contributed by atoms with Crippen LogP contribution in [0.1, 0.15) is 61.1 Å². The number of rotatable bonds is 6. The molecule has 3 fully saturated rings. The molecule has 1 aromatic carbocycles. The number of hydrogen-bond acceptors (Lipinski definition) is 5. The van der Waals surface area contributed by atoms with Crippen molar-refractivity contribution in [3.8, 4) is 0 Å². The maximum atomic E-state index is 15.1. The lowest BCUT2D eigenvalue weighted by Crippen LogP contribution is -2.42. The summed E-state index contributed by atoms with van der Waals surface area (Å²) >= 11 is 12.7. The van der Waals surface area contributed by atoms with Crippen LogP contribution in [0.25, 0.3) is 0 Å². The van der Waals surface area contributed by atoms with Gasteiger partial charge < -0.3 is 15.7 Å². The van der Waals surface area contributed by atoms with Crippen molar-refractivity contribution in [2.24, 2.45) is 23.2 Å². The van der Waals surface area contributed by atoms with Gasteiger partial charge in [0.05, 0.1) is 28.2 Å². The highest BCUT2D eigenvalue weighted by molar-refractivity contribution is 6.42. The van der Waals surface area contributed by atoms with Gasteiger partial charge in [0.15, 0.2) is 5.69 Å². The molecule has 1 aromatic heterocycles. The molecule has 2 amide bonds. The highest BCUT2D eigenvalue weighted by Gasteiger charge is 2.56. The molecule has 0 spiro atoms. The SMILES string of the molecule is CC1([C@H](NC(=O)[C@H]2CC(NC(=O)c3cccnn3)[C@H](O)C2)c2c(F)ccc(Cl)c2Cl)C[C@H]2C[C@H]2C1. The predicted molar refractivity (Wildman–Crippen MR) is 128 cm³/mol. The molecule has 186 valence electrons. The van der Waals surface area contributed by atoms with E-state index in [1.54, 1.807) is 6.07 Å². The third kappa shape index (κ3) is 4.76. The Kier molecular flexibility index (Phi) is 6.48. The second kappa shape index (κ2) is 9.30. The monoisotopic (exact) mass is 520 g/mol. The molecule has 2 aromatic rings. The van der Waals surface area contributed by atoms with Gasteiger partial charge in [0, 0.05) is 17.7 Å². The number of amides is 2. The minimum absolute atomic E-state index is 0.110. The van der Waals surface area contributed by atoms with Crippen molar-refractivity contribution in [1.29, 1.82) is 0 Å². The van der Waals surface area contributed by atoms with Crippen LogP contribution in [-0.4, -0.2) is 39.3 Å². The van der Waals surface area contributed by atoms with Crippen LogP contribution in [0.15, 0.2) is 30.5 Å². The molecule has 1 heterocycles. The topological polar surface area (TPSA) is 104 Å². The molecule has 3 saturated carbocycles. The summed E-state index contributed by atoms with van der Waals surface area (Å²) in [5.41, 5.74) is -0.0243. The van der Waals surface area contributed by atoms with Crippen molar-refractivity contribution < 1.29 is 19.1 Å². The molecular formula is C25H27Cl2FN4O3. The van der Waals surface area contributed by atoms with E-state index in [-0.39, 0.29) is 45.5 Å². The molecular weight excluding hydrogens is 494 g/mol. The number of carbonyl (C=O) groups is 2. The van der Waals surface area contributed by atoms with Crippen LogP contribution in [-0.2, 0) is 4.79 Å². The second-order valence-corrected chi connectivity index (χ2v) is 11.2. The number of halogens is 3. The summed E-state index contributed by atoms with van der Waals surface area (Å²) in [6, 6.07) is 4.54. The zero-order valence-corrected chi connectivity index (χ0v) is 20.7. The van der Waals surface area contributed by atoms with Crippen LogP contribution < -0.4 is 10.6 Å². The van der Waals surface area contributed by atoms with Crippen molar-refractivity contribution in [2.45, 2.75) is 57.2 Å². The maximum Gasteiger partial charge on any atom is 0.272 e. The van der Waals surface area contributed by atoms with E-state index in [4.69, 9.17) is 23.2 Å². The molecule has 0 radical (unpaired) electrons. The zero-order chi connectivity index (χ0) is 24.9. The molecule has 5 rings (SSSR count). The number of hydrogen-bond donors (Lipinski definition) is 3. The summed E-state index contributed by atoms with van der Waals surface area (Å²) in [4.78, 5) is 25.9. The van der Waals surface area contributed by atoms with Crippen molar-refractivity contribution in [3.05, 3.63) is 57.6 Å². The summed E-state index contributed by atoms with van der Waals surface area (Å²) < 4.78 is 15.1. The average molecular weight is 521 g/mol. The third-order valence-corrected chi connectivity index (χ3v) is 8.72. The van der Waals surface area contributed by atoms with Crippen LogP contribution in [0.3, 0.4) is 0 Å². The number of aliphatic hydroxyl groups is 1. The Morgan fingerprint density at radius 2 is 1.91 bits per heavy atom. The largest absolute Gasteiger partial charge is 0.391 e. The van der Waals surface area contributed by atoms with E-state index >= 15 is 4.39 Å². The number of aliphatic hydroxyl groups excluding tert-OH is 1. The van der Waals surface area contributed by atoms with Crippen molar-refractivity contribution in [2.75, 3.05) is 0 Å². The third-order valence-electron chi connectivity index (χ3n) is 7.90. The van der Waals surface area contributed by atoms with Gasteiger partial charge in [-0.25, -0.2) is 4.39 Å². The number of nitrogens with zero attached hydrogens (tertiary/aromatic N) is 2. The number of fused-ring (bicyclic) bond motifs is 1. The molecule has 3 aliphatic carbocycles. The normalized spacial score (nSPS) is 32.1. The van der Waals surface area contributed by atoms with E-state index in [0.717, 1.165) is 12.8 Å². The molecule has 10 heteroatoms. The van der Waals surface area contributed by atoms with Gasteiger partial charge in [-0.15, -0.1) is 5.10 Å². The Balaban J connectivity index is 1.33. The van der Waals surface area contributed by atoms with Gasteiger partial charge in [-0.05, 0) is 73.6 Å². The van der Waals surface area contributed by atoms with E-state index in [1.165, 1.54) is 30.8 Å². The highest BCUT2D eigenvalue weighted by Crippen LogP contribution is 2.64. The smallest absolute Gasteiger partial charge is 0.272 e. The van der Waals surface area contributed by atoms with E-state index in [2.05, 4.69) is 27.8 Å². The van der Waals surface area contributed by atoms with Crippen LogP contribution >= 0.6 is 23.2 Å². The minimum atomic E-state index is -0.897. The number of benzene rings is 1. The number of nitrogens with one attached hydrogen (secondary N) is 2. The predicted octanol–water partition coefficient (Wildman–Crippen LogP) is 4.09. The van der Waals surface area contributed by atoms with Gasteiger partial charge >= 0.3 is 0 Å². The minimum Gasteiger partial charge on any atom is -0.391 e. The summed E-state index contributed by atoms with van der Waals surface area (Å²) in [5.74, 6) is -0.648. The lowest BCUT2D eigenvalue weighted by molar-refractivity contribution is -0.126. The molecule has 0 bridgehead atoms. The molecule has 0 aliphatic heterocycles. The Morgan fingerprint density at radius 1 is 1.17 bits per heavy atom. The standard InChI is InChI=1S/C25H27Cl2FN4O3/c1-25(10-13-7-14(13)11-25)22(20-16(28)5-4-15(26)21(20)27)31-23(34)12-8-18(19(33)9-12)30-24(35)17-3-2-6-29-32-17/h2-6,12-14,18-19,22,33H,7-11H2,1H3,(H,30,35)(H,31,34)/t12-,13-,14+,18?,19+,22+,25?/m0/s1. The second-order valence-electron chi connectivity index (χ2n) is 10.4. The first kappa shape index (κ1) is 24.4. The summed E-state index contributed by atoms with van der Waals surface area (Å²) in [7, 11) is 0. The lowest BCUT2D eigenvalue weighted by atomic mass is 9.74. The Bertz CT molecular complexity index is 1140. The molecule has 7 nitrogen and oxygen atoms in total.